The molecular weight excluding hydrogens is 354 g/mol. The quantitative estimate of drug-likeness (QED) is 0.876. The zero-order valence-corrected chi connectivity index (χ0v) is 13.3. The fourth-order valence-electron chi connectivity index (χ4n) is 2.08. The molecule has 2 heterocycles. The molecule has 7 heteroatoms. The van der Waals surface area contributed by atoms with E-state index in [0.717, 1.165) is 9.47 Å². The Bertz CT molecular complexity index is 684. The summed E-state index contributed by atoms with van der Waals surface area (Å²) in [7, 11) is 0. The Balaban J connectivity index is 1.69. The highest BCUT2D eigenvalue weighted by Gasteiger charge is 2.20. The molecule has 0 unspecified atom stereocenters. The summed E-state index contributed by atoms with van der Waals surface area (Å²) < 4.78 is 0.919. The van der Waals surface area contributed by atoms with E-state index in [2.05, 4.69) is 26.6 Å². The number of benzene rings is 1. The highest BCUT2D eigenvalue weighted by Crippen LogP contribution is 2.23. The first-order valence-electron chi connectivity index (χ1n) is 6.34. The molecular formula is C14H12BrN3O2S. The predicted octanol–water partition coefficient (Wildman–Crippen LogP) is 3.29. The minimum absolute atomic E-state index is 0.0880. The number of carbonyl (C=O) groups excluding carboxylic acids is 2. The van der Waals surface area contributed by atoms with Crippen LogP contribution in [0.2, 0.25) is 0 Å². The topological polar surface area (TPSA) is 61.4 Å². The van der Waals surface area contributed by atoms with E-state index < -0.39 is 0 Å². The average Bonchev–Trinajstić information content (AvgIpc) is 3.08. The van der Waals surface area contributed by atoms with Gasteiger partial charge in [0.05, 0.1) is 9.35 Å². The van der Waals surface area contributed by atoms with Gasteiger partial charge >= 0.3 is 6.03 Å². The minimum atomic E-state index is -0.149. The van der Waals surface area contributed by atoms with Crippen molar-refractivity contribution in [3.8, 4) is 0 Å². The standard InChI is InChI=1S/C14H12BrN3O2S/c15-12-7-9(8-21-12)13(19)17-10-1-3-11(4-2-10)18-6-5-16-14(18)20/h1-4,7-8H,5-6H2,(H,16,20)(H,17,19). The van der Waals surface area contributed by atoms with Crippen LogP contribution in [0.15, 0.2) is 39.5 Å². The van der Waals surface area contributed by atoms with Gasteiger partial charge in [-0.1, -0.05) is 0 Å². The van der Waals surface area contributed by atoms with Crippen molar-refractivity contribution in [3.05, 3.63) is 45.1 Å². The number of rotatable bonds is 3. The highest BCUT2D eigenvalue weighted by molar-refractivity contribution is 9.11. The van der Waals surface area contributed by atoms with Crippen LogP contribution in [0, 0.1) is 0 Å². The molecule has 2 aromatic rings. The number of nitrogens with zero attached hydrogens (tertiary/aromatic N) is 1. The Morgan fingerprint density at radius 2 is 2.10 bits per heavy atom. The molecule has 2 N–H and O–H groups in total. The van der Waals surface area contributed by atoms with E-state index in [1.165, 1.54) is 11.3 Å². The van der Waals surface area contributed by atoms with Gasteiger partial charge in [-0.2, -0.15) is 0 Å². The van der Waals surface area contributed by atoms with E-state index >= 15 is 0 Å². The van der Waals surface area contributed by atoms with Crippen molar-refractivity contribution in [1.82, 2.24) is 5.32 Å². The third kappa shape index (κ3) is 3.08. The monoisotopic (exact) mass is 365 g/mol. The Morgan fingerprint density at radius 1 is 1.33 bits per heavy atom. The summed E-state index contributed by atoms with van der Waals surface area (Å²) in [5.74, 6) is -0.149. The highest BCUT2D eigenvalue weighted by atomic mass is 79.9. The summed E-state index contributed by atoms with van der Waals surface area (Å²) in [6.45, 7) is 1.32. The molecule has 21 heavy (non-hydrogen) atoms. The first kappa shape index (κ1) is 14.1. The molecule has 3 amide bonds. The summed E-state index contributed by atoms with van der Waals surface area (Å²) in [4.78, 5) is 25.3. The Morgan fingerprint density at radius 3 is 2.67 bits per heavy atom. The van der Waals surface area contributed by atoms with Crippen LogP contribution in [0.5, 0.6) is 0 Å². The van der Waals surface area contributed by atoms with Gasteiger partial charge in [0, 0.05) is 29.8 Å². The van der Waals surface area contributed by atoms with Crippen LogP contribution in [0.25, 0.3) is 0 Å². The van der Waals surface area contributed by atoms with Crippen molar-refractivity contribution >= 4 is 50.6 Å². The second-order valence-corrected chi connectivity index (χ2v) is 6.81. The van der Waals surface area contributed by atoms with Crippen LogP contribution in [-0.4, -0.2) is 25.0 Å². The summed E-state index contributed by atoms with van der Waals surface area (Å²) in [6.07, 6.45) is 0. The number of anilines is 2. The number of hydrogen-bond acceptors (Lipinski definition) is 3. The minimum Gasteiger partial charge on any atom is -0.336 e. The average molecular weight is 366 g/mol. The van der Waals surface area contributed by atoms with Crippen molar-refractivity contribution in [3.63, 3.8) is 0 Å². The molecule has 0 bridgehead atoms. The van der Waals surface area contributed by atoms with Gasteiger partial charge < -0.3 is 10.6 Å². The zero-order chi connectivity index (χ0) is 14.8. The van der Waals surface area contributed by atoms with Crippen molar-refractivity contribution in [2.45, 2.75) is 0 Å². The number of amides is 3. The molecule has 0 atom stereocenters. The van der Waals surface area contributed by atoms with Crippen LogP contribution in [0.3, 0.4) is 0 Å². The Kier molecular flexibility index (Phi) is 3.94. The van der Waals surface area contributed by atoms with Gasteiger partial charge in [0.25, 0.3) is 5.91 Å². The maximum Gasteiger partial charge on any atom is 0.321 e. The smallest absolute Gasteiger partial charge is 0.321 e. The van der Waals surface area contributed by atoms with E-state index in [0.29, 0.717) is 24.3 Å². The number of thiophene rings is 1. The van der Waals surface area contributed by atoms with E-state index in [1.807, 2.05) is 12.1 Å². The van der Waals surface area contributed by atoms with E-state index in [-0.39, 0.29) is 11.9 Å². The van der Waals surface area contributed by atoms with Crippen LogP contribution in [0.1, 0.15) is 10.4 Å². The third-order valence-corrected chi connectivity index (χ3v) is 4.63. The Labute approximate surface area is 134 Å². The molecule has 0 aliphatic carbocycles. The van der Waals surface area contributed by atoms with Gasteiger partial charge in [-0.05, 0) is 46.3 Å². The molecule has 0 radical (unpaired) electrons. The molecule has 108 valence electrons. The van der Waals surface area contributed by atoms with E-state index in [4.69, 9.17) is 0 Å². The Hall–Kier alpha value is -1.86. The third-order valence-electron chi connectivity index (χ3n) is 3.12. The second-order valence-electron chi connectivity index (χ2n) is 4.52. The lowest BCUT2D eigenvalue weighted by molar-refractivity contribution is 0.102. The molecule has 0 spiro atoms. The molecule has 1 aliphatic heterocycles. The fourth-order valence-corrected chi connectivity index (χ4v) is 3.21. The lowest BCUT2D eigenvalue weighted by atomic mass is 10.2. The fraction of sp³-hybridized carbons (Fsp3) is 0.143. The maximum atomic E-state index is 12.0. The zero-order valence-electron chi connectivity index (χ0n) is 10.9. The summed E-state index contributed by atoms with van der Waals surface area (Å²) >= 11 is 4.80. The van der Waals surface area contributed by atoms with Crippen LogP contribution < -0.4 is 15.5 Å². The molecule has 1 aromatic heterocycles. The molecule has 1 saturated heterocycles. The summed E-state index contributed by atoms with van der Waals surface area (Å²) in [5.41, 5.74) is 2.14. The number of carbonyl (C=O) groups is 2. The number of nitrogens with one attached hydrogen (secondary N) is 2. The van der Waals surface area contributed by atoms with Crippen molar-refractivity contribution in [1.29, 1.82) is 0 Å². The summed E-state index contributed by atoms with van der Waals surface area (Å²) in [5, 5.41) is 7.38. The van der Waals surface area contributed by atoms with Gasteiger partial charge in [0.1, 0.15) is 0 Å². The molecule has 5 nitrogen and oxygen atoms in total. The van der Waals surface area contributed by atoms with Crippen molar-refractivity contribution in [2.75, 3.05) is 23.3 Å². The normalized spacial score (nSPS) is 14.1. The lowest BCUT2D eigenvalue weighted by Crippen LogP contribution is -2.27. The number of halogens is 1. The molecule has 1 aliphatic rings. The molecule has 3 rings (SSSR count). The van der Waals surface area contributed by atoms with Gasteiger partial charge in [0.15, 0.2) is 0 Å². The van der Waals surface area contributed by atoms with E-state index in [1.54, 1.807) is 28.5 Å². The first-order chi connectivity index (χ1) is 10.1. The molecule has 0 saturated carbocycles. The van der Waals surface area contributed by atoms with Crippen molar-refractivity contribution in [2.24, 2.45) is 0 Å². The van der Waals surface area contributed by atoms with Crippen LogP contribution in [-0.2, 0) is 0 Å². The van der Waals surface area contributed by atoms with Crippen LogP contribution in [0.4, 0.5) is 16.2 Å². The van der Waals surface area contributed by atoms with Gasteiger partial charge in [-0.15, -0.1) is 11.3 Å². The van der Waals surface area contributed by atoms with Crippen molar-refractivity contribution < 1.29 is 9.59 Å². The SMILES string of the molecule is O=C(Nc1ccc(N2CCNC2=O)cc1)c1csc(Br)c1. The largest absolute Gasteiger partial charge is 0.336 e. The lowest BCUT2D eigenvalue weighted by Gasteiger charge is -2.14. The van der Waals surface area contributed by atoms with Crippen LogP contribution >= 0.6 is 27.3 Å². The maximum absolute atomic E-state index is 12.0. The van der Waals surface area contributed by atoms with Gasteiger partial charge in [0.2, 0.25) is 0 Å². The summed E-state index contributed by atoms with van der Waals surface area (Å²) in [6, 6.07) is 8.92. The first-order valence-corrected chi connectivity index (χ1v) is 8.01. The molecule has 1 aromatic carbocycles. The second kappa shape index (κ2) is 5.87. The number of hydrogen-bond donors (Lipinski definition) is 2. The van der Waals surface area contributed by atoms with Gasteiger partial charge in [-0.3, -0.25) is 9.69 Å². The van der Waals surface area contributed by atoms with E-state index in [9.17, 15) is 9.59 Å². The molecule has 1 fully saturated rings. The number of urea groups is 1. The predicted molar refractivity (Wildman–Crippen MR) is 87.2 cm³/mol. The van der Waals surface area contributed by atoms with Gasteiger partial charge in [-0.25, -0.2) is 4.79 Å².